The molecule has 2 heteroatoms. The van der Waals surface area contributed by atoms with Gasteiger partial charge < -0.3 is 9.84 Å². The lowest BCUT2D eigenvalue weighted by atomic mass is 9.89. The van der Waals surface area contributed by atoms with Crippen molar-refractivity contribution in [3.8, 4) is 0 Å². The van der Waals surface area contributed by atoms with Gasteiger partial charge in [0.05, 0.1) is 5.60 Å². The second kappa shape index (κ2) is 4.19. The molecule has 1 aromatic rings. The fourth-order valence-electron chi connectivity index (χ4n) is 2.30. The molecule has 0 spiro atoms. The van der Waals surface area contributed by atoms with Gasteiger partial charge >= 0.3 is 0 Å². The third-order valence-electron chi connectivity index (χ3n) is 3.67. The topological polar surface area (TPSA) is 29.5 Å². The van der Waals surface area contributed by atoms with Gasteiger partial charge in [0.25, 0.3) is 0 Å². The Morgan fingerprint density at radius 2 is 2.06 bits per heavy atom. The maximum absolute atomic E-state index is 10.4. The van der Waals surface area contributed by atoms with E-state index in [1.165, 1.54) is 11.1 Å². The first-order valence-corrected chi connectivity index (χ1v) is 5.92. The van der Waals surface area contributed by atoms with Gasteiger partial charge in [0.15, 0.2) is 0 Å². The van der Waals surface area contributed by atoms with Crippen LogP contribution in [0.3, 0.4) is 0 Å². The third-order valence-corrected chi connectivity index (χ3v) is 3.67. The van der Waals surface area contributed by atoms with E-state index in [0.29, 0.717) is 0 Å². The SMILES string of the molecule is Cc1ccc(C(O)C2(C)CCCO2)cc1C. The van der Waals surface area contributed by atoms with Gasteiger partial charge in [-0.25, -0.2) is 0 Å². The molecular formula is C14H20O2. The van der Waals surface area contributed by atoms with E-state index in [0.717, 1.165) is 25.0 Å². The fraction of sp³-hybridized carbons (Fsp3) is 0.571. The van der Waals surface area contributed by atoms with Crippen molar-refractivity contribution in [2.45, 2.75) is 45.3 Å². The molecule has 2 rings (SSSR count). The van der Waals surface area contributed by atoms with Crippen molar-refractivity contribution in [1.82, 2.24) is 0 Å². The molecule has 2 nitrogen and oxygen atoms in total. The quantitative estimate of drug-likeness (QED) is 0.830. The predicted octanol–water partition coefficient (Wildman–Crippen LogP) is 2.91. The lowest BCUT2D eigenvalue weighted by molar-refractivity contribution is -0.0796. The molecule has 0 aliphatic carbocycles. The van der Waals surface area contributed by atoms with Crippen LogP contribution in [0.15, 0.2) is 18.2 Å². The van der Waals surface area contributed by atoms with Gasteiger partial charge in [0.1, 0.15) is 6.10 Å². The largest absolute Gasteiger partial charge is 0.385 e. The van der Waals surface area contributed by atoms with Gasteiger partial charge in [-0.15, -0.1) is 0 Å². The van der Waals surface area contributed by atoms with Crippen LogP contribution < -0.4 is 0 Å². The van der Waals surface area contributed by atoms with Crippen molar-refractivity contribution in [3.63, 3.8) is 0 Å². The standard InChI is InChI=1S/C14H20O2/c1-10-5-6-12(9-11(10)2)13(15)14(3)7-4-8-16-14/h5-6,9,13,15H,4,7-8H2,1-3H3. The van der Waals surface area contributed by atoms with Gasteiger partial charge in [0.2, 0.25) is 0 Å². The molecule has 1 heterocycles. The van der Waals surface area contributed by atoms with Gasteiger partial charge in [-0.3, -0.25) is 0 Å². The summed E-state index contributed by atoms with van der Waals surface area (Å²) in [6.07, 6.45) is 1.45. The minimum absolute atomic E-state index is 0.401. The molecule has 0 radical (unpaired) electrons. The summed E-state index contributed by atoms with van der Waals surface area (Å²) in [5.74, 6) is 0. The number of aliphatic hydroxyl groups excluding tert-OH is 1. The number of hydrogen-bond acceptors (Lipinski definition) is 2. The molecule has 16 heavy (non-hydrogen) atoms. The van der Waals surface area contributed by atoms with Gasteiger partial charge in [-0.05, 0) is 50.3 Å². The molecule has 0 amide bonds. The van der Waals surface area contributed by atoms with E-state index in [4.69, 9.17) is 4.74 Å². The molecule has 0 aromatic heterocycles. The third kappa shape index (κ3) is 2.00. The number of hydrogen-bond donors (Lipinski definition) is 1. The molecule has 2 atom stereocenters. The summed E-state index contributed by atoms with van der Waals surface area (Å²) in [4.78, 5) is 0. The Labute approximate surface area is 97.3 Å². The Morgan fingerprint density at radius 1 is 1.31 bits per heavy atom. The van der Waals surface area contributed by atoms with Crippen LogP contribution in [0.4, 0.5) is 0 Å². The summed E-state index contributed by atoms with van der Waals surface area (Å²) < 4.78 is 5.68. The zero-order chi connectivity index (χ0) is 11.8. The molecule has 1 aliphatic heterocycles. The maximum Gasteiger partial charge on any atom is 0.108 e. The fourth-order valence-corrected chi connectivity index (χ4v) is 2.30. The first-order chi connectivity index (χ1) is 7.53. The summed E-state index contributed by atoms with van der Waals surface area (Å²) in [5, 5.41) is 10.4. The number of ether oxygens (including phenoxy) is 1. The summed E-state index contributed by atoms with van der Waals surface area (Å²) >= 11 is 0. The van der Waals surface area contributed by atoms with Crippen LogP contribution in [0, 0.1) is 13.8 Å². The second-order valence-corrected chi connectivity index (χ2v) is 5.01. The van der Waals surface area contributed by atoms with E-state index < -0.39 is 11.7 Å². The average molecular weight is 220 g/mol. The molecule has 88 valence electrons. The Balaban J connectivity index is 2.26. The summed E-state index contributed by atoms with van der Waals surface area (Å²) in [6, 6.07) is 6.12. The van der Waals surface area contributed by atoms with Crippen molar-refractivity contribution < 1.29 is 9.84 Å². The minimum Gasteiger partial charge on any atom is -0.385 e. The smallest absolute Gasteiger partial charge is 0.108 e. The number of rotatable bonds is 2. The van der Waals surface area contributed by atoms with E-state index >= 15 is 0 Å². The minimum atomic E-state index is -0.519. The molecule has 1 fully saturated rings. The van der Waals surface area contributed by atoms with E-state index in [2.05, 4.69) is 26.0 Å². The molecule has 1 saturated heterocycles. The molecule has 1 aromatic carbocycles. The maximum atomic E-state index is 10.4. The van der Waals surface area contributed by atoms with Crippen molar-refractivity contribution in [2.75, 3.05) is 6.61 Å². The summed E-state index contributed by atoms with van der Waals surface area (Å²) in [6.45, 7) is 6.92. The molecule has 2 unspecified atom stereocenters. The Bertz CT molecular complexity index is 378. The van der Waals surface area contributed by atoms with Crippen LogP contribution >= 0.6 is 0 Å². The van der Waals surface area contributed by atoms with Crippen molar-refractivity contribution in [2.24, 2.45) is 0 Å². The van der Waals surface area contributed by atoms with Gasteiger partial charge in [-0.1, -0.05) is 18.2 Å². The molecular weight excluding hydrogens is 200 g/mol. The highest BCUT2D eigenvalue weighted by atomic mass is 16.5. The molecule has 0 saturated carbocycles. The van der Waals surface area contributed by atoms with Crippen LogP contribution in [0.2, 0.25) is 0 Å². The van der Waals surface area contributed by atoms with E-state index in [-0.39, 0.29) is 0 Å². The van der Waals surface area contributed by atoms with Crippen LogP contribution in [0.25, 0.3) is 0 Å². The Morgan fingerprint density at radius 3 is 2.62 bits per heavy atom. The highest BCUT2D eigenvalue weighted by molar-refractivity contribution is 5.32. The highest BCUT2D eigenvalue weighted by Crippen LogP contribution is 2.37. The van der Waals surface area contributed by atoms with E-state index in [1.54, 1.807) is 0 Å². The normalized spacial score (nSPS) is 27.0. The zero-order valence-electron chi connectivity index (χ0n) is 10.3. The number of aliphatic hydroxyl groups is 1. The lowest BCUT2D eigenvalue weighted by Crippen LogP contribution is -2.31. The molecule has 1 aliphatic rings. The lowest BCUT2D eigenvalue weighted by Gasteiger charge is -2.29. The molecule has 1 N–H and O–H groups in total. The Kier molecular flexibility index (Phi) is 3.04. The first-order valence-electron chi connectivity index (χ1n) is 5.92. The van der Waals surface area contributed by atoms with Crippen molar-refractivity contribution >= 4 is 0 Å². The highest BCUT2D eigenvalue weighted by Gasteiger charge is 2.38. The number of aryl methyl sites for hydroxylation is 2. The first kappa shape index (κ1) is 11.6. The monoisotopic (exact) mass is 220 g/mol. The van der Waals surface area contributed by atoms with Gasteiger partial charge in [-0.2, -0.15) is 0 Å². The van der Waals surface area contributed by atoms with Crippen molar-refractivity contribution in [3.05, 3.63) is 34.9 Å². The van der Waals surface area contributed by atoms with Crippen LogP contribution in [-0.4, -0.2) is 17.3 Å². The second-order valence-electron chi connectivity index (χ2n) is 5.01. The molecule has 0 bridgehead atoms. The summed E-state index contributed by atoms with van der Waals surface area (Å²) in [5.41, 5.74) is 3.04. The van der Waals surface area contributed by atoms with Crippen LogP contribution in [-0.2, 0) is 4.74 Å². The van der Waals surface area contributed by atoms with Crippen molar-refractivity contribution in [1.29, 1.82) is 0 Å². The van der Waals surface area contributed by atoms with E-state index in [9.17, 15) is 5.11 Å². The van der Waals surface area contributed by atoms with E-state index in [1.807, 2.05) is 13.0 Å². The number of benzene rings is 1. The Hall–Kier alpha value is -0.860. The average Bonchev–Trinajstić information content (AvgIpc) is 2.70. The van der Waals surface area contributed by atoms with Crippen LogP contribution in [0.5, 0.6) is 0 Å². The van der Waals surface area contributed by atoms with Gasteiger partial charge in [0, 0.05) is 6.61 Å². The van der Waals surface area contributed by atoms with Crippen LogP contribution in [0.1, 0.15) is 42.6 Å². The predicted molar refractivity (Wildman–Crippen MR) is 64.5 cm³/mol. The summed E-state index contributed by atoms with van der Waals surface area (Å²) in [7, 11) is 0. The zero-order valence-corrected chi connectivity index (χ0v) is 10.3.